The molecule has 9 nitrogen and oxygen atoms in total. The van der Waals surface area contributed by atoms with Crippen LogP contribution in [0.3, 0.4) is 0 Å². The van der Waals surface area contributed by atoms with Crippen LogP contribution >= 0.6 is 0 Å². The number of carbonyl (C=O) groups excluding carboxylic acids is 1. The van der Waals surface area contributed by atoms with Gasteiger partial charge >= 0.3 is 14.2 Å². The molecule has 0 saturated carbocycles. The second-order valence-corrected chi connectivity index (χ2v) is 12.1. The van der Waals surface area contributed by atoms with Crippen LogP contribution in [-0.4, -0.2) is 79.4 Å². The number of nitrogens with one attached hydrogen (secondary N) is 1. The number of hydrogen-bond acceptors (Lipinski definition) is 9. The van der Waals surface area contributed by atoms with Crippen molar-refractivity contribution in [3.8, 4) is 0 Å². The molecule has 0 unspecified atom stereocenters. The molecule has 226 valence electrons. The average molecular weight is 570 g/mol. The van der Waals surface area contributed by atoms with Gasteiger partial charge in [-0.3, -0.25) is 4.79 Å². The van der Waals surface area contributed by atoms with Gasteiger partial charge in [0.25, 0.3) is 0 Å². The van der Waals surface area contributed by atoms with E-state index in [9.17, 15) is 4.79 Å². The molecule has 0 aromatic heterocycles. The first-order chi connectivity index (χ1) is 19.1. The summed E-state index contributed by atoms with van der Waals surface area (Å²) in [6.45, 7) is 18.2. The zero-order chi connectivity index (χ0) is 30.9. The Morgan fingerprint density at radius 3 is 1.61 bits per heavy atom. The maximum atomic E-state index is 10.7. The summed E-state index contributed by atoms with van der Waals surface area (Å²) in [5.41, 5.74) is 7.15. The maximum Gasteiger partial charge on any atom is 0.494 e. The molecule has 2 aliphatic rings. The molecular weight excluding hydrogens is 522 g/mol. The molecule has 0 radical (unpaired) electrons. The maximum absolute atomic E-state index is 10.7. The van der Waals surface area contributed by atoms with E-state index in [4.69, 9.17) is 34.6 Å². The van der Waals surface area contributed by atoms with Gasteiger partial charge in [-0.1, -0.05) is 48.5 Å². The quantitative estimate of drug-likeness (QED) is 0.213. The van der Waals surface area contributed by atoms with Crippen molar-refractivity contribution in [2.45, 2.75) is 84.3 Å². The molecule has 0 aliphatic carbocycles. The Bertz CT molecular complexity index is 1080. The van der Waals surface area contributed by atoms with Crippen LogP contribution in [0.2, 0.25) is 0 Å². The van der Waals surface area contributed by atoms with E-state index in [1.165, 1.54) is 0 Å². The molecule has 0 amide bonds. The Balaban J connectivity index is 0.000000256. The fraction of sp³-hybridized carbons (Fsp3) is 0.567. The van der Waals surface area contributed by atoms with Crippen LogP contribution in [0.25, 0.3) is 0 Å². The van der Waals surface area contributed by atoms with Crippen molar-refractivity contribution in [3.63, 3.8) is 0 Å². The third-order valence-electron chi connectivity index (χ3n) is 7.80. The van der Waals surface area contributed by atoms with E-state index >= 15 is 0 Å². The first kappa shape index (κ1) is 35.1. The number of aldehydes is 1. The highest BCUT2D eigenvalue weighted by Gasteiger charge is 2.52. The predicted molar refractivity (Wildman–Crippen MR) is 165 cm³/mol. The van der Waals surface area contributed by atoms with Crippen LogP contribution in [0.1, 0.15) is 71.3 Å². The molecule has 11 heteroatoms. The van der Waals surface area contributed by atoms with Crippen LogP contribution in [-0.2, 0) is 25.2 Å². The van der Waals surface area contributed by atoms with Gasteiger partial charge in [0.1, 0.15) is 6.29 Å². The summed E-state index contributed by atoms with van der Waals surface area (Å²) < 4.78 is 23.9. The van der Waals surface area contributed by atoms with Crippen LogP contribution in [0.5, 0.6) is 0 Å². The fourth-order valence-electron chi connectivity index (χ4n) is 3.90. The highest BCUT2D eigenvalue weighted by Crippen LogP contribution is 2.37. The van der Waals surface area contributed by atoms with Crippen molar-refractivity contribution >= 4 is 31.4 Å². The van der Waals surface area contributed by atoms with E-state index in [1.807, 2.05) is 52.0 Å². The lowest BCUT2D eigenvalue weighted by atomic mass is 9.78. The molecule has 2 heterocycles. The summed E-state index contributed by atoms with van der Waals surface area (Å²) in [5.74, 6) is 0. The van der Waals surface area contributed by atoms with Gasteiger partial charge in [-0.2, -0.15) is 0 Å². The number of rotatable bonds is 8. The minimum Gasteiger partial charge on any atom is -0.399 e. The van der Waals surface area contributed by atoms with Crippen molar-refractivity contribution in [3.05, 3.63) is 59.7 Å². The third kappa shape index (κ3) is 9.46. The number of aliphatic hydroxyl groups is 2. The largest absolute Gasteiger partial charge is 0.494 e. The molecule has 0 bridgehead atoms. The monoisotopic (exact) mass is 570 g/mol. The zero-order valence-electron chi connectivity index (χ0n) is 25.9. The summed E-state index contributed by atoms with van der Waals surface area (Å²) in [6, 6.07) is 15.5. The average Bonchev–Trinajstić information content (AvgIpc) is 3.29. The lowest BCUT2D eigenvalue weighted by Gasteiger charge is -2.32. The van der Waals surface area contributed by atoms with Gasteiger partial charge in [0.2, 0.25) is 0 Å². The molecule has 41 heavy (non-hydrogen) atoms. The minimum absolute atomic E-state index is 0.0972. The van der Waals surface area contributed by atoms with E-state index < -0.39 is 7.12 Å². The van der Waals surface area contributed by atoms with Crippen molar-refractivity contribution in [2.75, 3.05) is 26.3 Å². The molecule has 2 aromatic rings. The lowest BCUT2D eigenvalue weighted by molar-refractivity contribution is 0.00578. The molecule has 5 N–H and O–H groups in total. The molecule has 2 fully saturated rings. The first-order valence-corrected chi connectivity index (χ1v) is 14.1. The van der Waals surface area contributed by atoms with E-state index in [1.54, 1.807) is 12.1 Å². The van der Waals surface area contributed by atoms with Crippen LogP contribution < -0.4 is 22.0 Å². The number of nitrogens with two attached hydrogens (primary N) is 1. The molecule has 2 saturated heterocycles. The third-order valence-corrected chi connectivity index (χ3v) is 7.80. The number of carbonyl (C=O) groups is 1. The van der Waals surface area contributed by atoms with Crippen molar-refractivity contribution < 1.29 is 33.6 Å². The van der Waals surface area contributed by atoms with Gasteiger partial charge in [0.05, 0.1) is 35.6 Å². The Morgan fingerprint density at radius 2 is 1.20 bits per heavy atom. The van der Waals surface area contributed by atoms with Gasteiger partial charge in [0, 0.05) is 25.2 Å². The van der Waals surface area contributed by atoms with Gasteiger partial charge in [-0.25, -0.2) is 0 Å². The summed E-state index contributed by atoms with van der Waals surface area (Å²) in [7, 11) is -0.724. The Kier molecular flexibility index (Phi) is 12.8. The fourth-order valence-corrected chi connectivity index (χ4v) is 3.90. The number of hydrogen-bond donors (Lipinski definition) is 4. The van der Waals surface area contributed by atoms with E-state index in [-0.39, 0.29) is 42.7 Å². The first-order valence-electron chi connectivity index (χ1n) is 14.1. The highest BCUT2D eigenvalue weighted by atomic mass is 16.7. The van der Waals surface area contributed by atoms with Crippen LogP contribution in [0.4, 0.5) is 0 Å². The molecule has 0 spiro atoms. The van der Waals surface area contributed by atoms with E-state index in [0.29, 0.717) is 18.7 Å². The lowest BCUT2D eigenvalue weighted by Crippen LogP contribution is -2.41. The SMILES string of the molecule is CC1(C)OB(c2cccc(C=O)c2)OC1(C)C.CC1(C)OB(c2cccc(CNCCO)c2)OC1(C)C.NCCO. The highest BCUT2D eigenvalue weighted by molar-refractivity contribution is 6.62. The van der Waals surface area contributed by atoms with Crippen LogP contribution in [0, 0.1) is 0 Å². The predicted octanol–water partition coefficient (Wildman–Crippen LogP) is 1.80. The van der Waals surface area contributed by atoms with Crippen LogP contribution in [0.15, 0.2) is 48.5 Å². The Labute approximate surface area is 246 Å². The summed E-state index contributed by atoms with van der Waals surface area (Å²) in [5, 5.41) is 19.7. The van der Waals surface area contributed by atoms with Gasteiger partial charge in [0.15, 0.2) is 0 Å². The van der Waals surface area contributed by atoms with Crippen molar-refractivity contribution in [1.82, 2.24) is 5.32 Å². The summed E-state index contributed by atoms with van der Waals surface area (Å²) >= 11 is 0. The van der Waals surface area contributed by atoms with Gasteiger partial charge in [-0.05, 0) is 71.9 Å². The number of benzene rings is 2. The Hall–Kier alpha value is -2.08. The second-order valence-electron chi connectivity index (χ2n) is 12.1. The molecule has 2 aliphatic heterocycles. The minimum atomic E-state index is -0.403. The molecule has 0 atom stereocenters. The topological polar surface area (TPSA) is 132 Å². The van der Waals surface area contributed by atoms with Crippen molar-refractivity contribution in [2.24, 2.45) is 5.73 Å². The smallest absolute Gasteiger partial charge is 0.399 e. The molecular formula is C30H48B2N2O7. The normalized spacial score (nSPS) is 19.6. The van der Waals surface area contributed by atoms with Gasteiger partial charge < -0.3 is 39.9 Å². The number of aliphatic hydroxyl groups excluding tert-OH is 2. The zero-order valence-corrected chi connectivity index (χ0v) is 25.9. The second kappa shape index (κ2) is 14.9. The molecule has 4 rings (SSSR count). The van der Waals surface area contributed by atoms with E-state index in [0.717, 1.165) is 29.3 Å². The van der Waals surface area contributed by atoms with Gasteiger partial charge in [-0.15, -0.1) is 0 Å². The molecule has 2 aromatic carbocycles. The Morgan fingerprint density at radius 1 is 0.756 bits per heavy atom. The van der Waals surface area contributed by atoms with Crippen molar-refractivity contribution in [1.29, 1.82) is 0 Å². The standard InChI is InChI=1S/C15H24BNO3.C13H17BO3.C2H7NO/c1-14(2)15(3,4)20-16(19-14)13-7-5-6-12(10-13)11-17-8-9-18;1-12(2)13(3,4)17-14(16-12)11-7-5-6-10(8-11)9-15;3-1-2-4/h5-7,10,17-18H,8-9,11H2,1-4H3;5-9H,1-4H3;4H,1-3H2. The summed E-state index contributed by atoms with van der Waals surface area (Å²) in [6.07, 6.45) is 0.828. The summed E-state index contributed by atoms with van der Waals surface area (Å²) in [4.78, 5) is 10.7. The van der Waals surface area contributed by atoms with E-state index in [2.05, 4.69) is 45.1 Å².